The molecule has 0 atom stereocenters. The van der Waals surface area contributed by atoms with Crippen LogP contribution in [0.1, 0.15) is 18.7 Å². The van der Waals surface area contributed by atoms with Gasteiger partial charge in [-0.2, -0.15) is 16.9 Å². The molecule has 0 aromatic carbocycles. The van der Waals surface area contributed by atoms with Crippen molar-refractivity contribution in [2.24, 2.45) is 0 Å². The first-order chi connectivity index (χ1) is 7.33. The first-order valence-corrected chi connectivity index (χ1v) is 6.32. The van der Waals surface area contributed by atoms with Crippen LogP contribution in [0.3, 0.4) is 0 Å². The molecule has 5 nitrogen and oxygen atoms in total. The third-order valence-corrected chi connectivity index (χ3v) is 2.52. The molecule has 15 heavy (non-hydrogen) atoms. The number of amides is 1. The fourth-order valence-corrected chi connectivity index (χ4v) is 1.51. The summed E-state index contributed by atoms with van der Waals surface area (Å²) in [6, 6.07) is 0. The van der Waals surface area contributed by atoms with E-state index < -0.39 is 0 Å². The summed E-state index contributed by atoms with van der Waals surface area (Å²) in [5, 5.41) is 9.40. The fourth-order valence-electron chi connectivity index (χ4n) is 1.12. The molecule has 0 spiro atoms. The molecule has 1 rings (SSSR count). The lowest BCUT2D eigenvalue weighted by Crippen LogP contribution is -2.25. The lowest BCUT2D eigenvalue weighted by atomic mass is 10.3. The maximum absolute atomic E-state index is 11.2. The number of carbonyl (C=O) groups excluding carboxylic acids is 1. The number of rotatable bonds is 7. The van der Waals surface area contributed by atoms with E-state index in [0.717, 1.165) is 24.4 Å². The Hall–Kier alpha value is -1.04. The third-order valence-electron chi connectivity index (χ3n) is 1.91. The molecule has 0 unspecified atom stereocenters. The first kappa shape index (κ1) is 12.0. The first-order valence-electron chi connectivity index (χ1n) is 4.93. The number of nitrogens with one attached hydrogen (secondary N) is 2. The number of H-pyrrole nitrogens is 1. The van der Waals surface area contributed by atoms with E-state index in [2.05, 4.69) is 20.5 Å². The normalized spacial score (nSPS) is 10.2. The van der Waals surface area contributed by atoms with Gasteiger partial charge in [0.05, 0.1) is 0 Å². The van der Waals surface area contributed by atoms with Crippen molar-refractivity contribution >= 4 is 17.7 Å². The highest BCUT2D eigenvalue weighted by atomic mass is 32.2. The molecule has 0 fully saturated rings. The van der Waals surface area contributed by atoms with Crippen LogP contribution in [-0.4, -0.2) is 39.6 Å². The molecular weight excluding hydrogens is 212 g/mol. The minimum absolute atomic E-state index is 0.127. The Balaban J connectivity index is 1.99. The van der Waals surface area contributed by atoms with Crippen LogP contribution < -0.4 is 5.32 Å². The van der Waals surface area contributed by atoms with Gasteiger partial charge in [-0.15, -0.1) is 0 Å². The van der Waals surface area contributed by atoms with Crippen LogP contribution in [0.15, 0.2) is 6.33 Å². The van der Waals surface area contributed by atoms with Gasteiger partial charge in [0.1, 0.15) is 12.2 Å². The van der Waals surface area contributed by atoms with Gasteiger partial charge in [-0.1, -0.05) is 0 Å². The van der Waals surface area contributed by atoms with E-state index in [9.17, 15) is 4.79 Å². The second-order valence-electron chi connectivity index (χ2n) is 3.13. The zero-order valence-corrected chi connectivity index (χ0v) is 9.64. The Morgan fingerprint density at radius 3 is 3.20 bits per heavy atom. The number of aromatic amines is 1. The Morgan fingerprint density at radius 2 is 2.53 bits per heavy atom. The number of aryl methyl sites for hydroxylation is 1. The molecule has 0 aliphatic rings. The monoisotopic (exact) mass is 228 g/mol. The smallest absolute Gasteiger partial charge is 0.220 e. The summed E-state index contributed by atoms with van der Waals surface area (Å²) in [4.78, 5) is 15.2. The van der Waals surface area contributed by atoms with Crippen LogP contribution in [0.4, 0.5) is 0 Å². The van der Waals surface area contributed by atoms with E-state index in [4.69, 9.17) is 0 Å². The molecule has 2 N–H and O–H groups in total. The van der Waals surface area contributed by atoms with E-state index >= 15 is 0 Å². The van der Waals surface area contributed by atoms with E-state index in [-0.39, 0.29) is 5.91 Å². The Kier molecular flexibility index (Phi) is 5.84. The highest BCUT2D eigenvalue weighted by molar-refractivity contribution is 7.98. The van der Waals surface area contributed by atoms with Crippen LogP contribution in [0.5, 0.6) is 0 Å². The van der Waals surface area contributed by atoms with Gasteiger partial charge in [0, 0.05) is 25.1 Å². The molecule has 0 saturated carbocycles. The lowest BCUT2D eigenvalue weighted by Gasteiger charge is -2.02. The largest absolute Gasteiger partial charge is 0.356 e. The maximum Gasteiger partial charge on any atom is 0.220 e. The number of carbonyl (C=O) groups is 1. The van der Waals surface area contributed by atoms with Crippen LogP contribution >= 0.6 is 11.8 Å². The molecule has 0 radical (unpaired) electrons. The Bertz CT molecular complexity index is 276. The molecular formula is C9H16N4OS. The summed E-state index contributed by atoms with van der Waals surface area (Å²) in [5.41, 5.74) is 0. The summed E-state index contributed by atoms with van der Waals surface area (Å²) in [5.74, 6) is 1.88. The van der Waals surface area contributed by atoms with Crippen molar-refractivity contribution in [3.05, 3.63) is 12.2 Å². The molecule has 1 aromatic heterocycles. The number of aromatic nitrogens is 3. The van der Waals surface area contributed by atoms with Crippen LogP contribution in [0.25, 0.3) is 0 Å². The van der Waals surface area contributed by atoms with Crippen LogP contribution in [0.2, 0.25) is 0 Å². The van der Waals surface area contributed by atoms with Gasteiger partial charge in [0.25, 0.3) is 0 Å². The molecule has 1 amide bonds. The molecule has 0 aliphatic heterocycles. The predicted octanol–water partition coefficient (Wildman–Crippen LogP) is 0.607. The van der Waals surface area contributed by atoms with Gasteiger partial charge in [-0.3, -0.25) is 9.89 Å². The van der Waals surface area contributed by atoms with E-state index in [1.807, 2.05) is 6.26 Å². The SMILES string of the molecule is CSCCC(=O)NCCCc1ncn[nH]1. The van der Waals surface area contributed by atoms with Crippen molar-refractivity contribution in [3.8, 4) is 0 Å². The number of thioether (sulfide) groups is 1. The molecule has 0 aliphatic carbocycles. The molecule has 0 bridgehead atoms. The van der Waals surface area contributed by atoms with E-state index in [0.29, 0.717) is 13.0 Å². The summed E-state index contributed by atoms with van der Waals surface area (Å²) in [6.45, 7) is 0.702. The standard InChI is InChI=1S/C9H16N4OS/c1-15-6-4-9(14)10-5-2-3-8-11-7-12-13-8/h7H,2-6H2,1H3,(H,10,14)(H,11,12,13). The minimum Gasteiger partial charge on any atom is -0.356 e. The Labute approximate surface area is 93.4 Å². The van der Waals surface area contributed by atoms with Crippen molar-refractivity contribution in [1.82, 2.24) is 20.5 Å². The molecule has 6 heteroatoms. The van der Waals surface area contributed by atoms with Gasteiger partial charge in [0.2, 0.25) is 5.91 Å². The zero-order chi connectivity index (χ0) is 10.9. The van der Waals surface area contributed by atoms with Gasteiger partial charge in [0.15, 0.2) is 0 Å². The van der Waals surface area contributed by atoms with Crippen molar-refractivity contribution in [3.63, 3.8) is 0 Å². The van der Waals surface area contributed by atoms with Crippen molar-refractivity contribution < 1.29 is 4.79 Å². The number of hydrogen-bond donors (Lipinski definition) is 2. The maximum atomic E-state index is 11.2. The highest BCUT2D eigenvalue weighted by Crippen LogP contribution is 1.95. The lowest BCUT2D eigenvalue weighted by molar-refractivity contribution is -0.120. The van der Waals surface area contributed by atoms with Gasteiger partial charge >= 0.3 is 0 Å². The molecule has 1 aromatic rings. The highest BCUT2D eigenvalue weighted by Gasteiger charge is 2.00. The van der Waals surface area contributed by atoms with Crippen LogP contribution in [-0.2, 0) is 11.2 Å². The number of nitrogens with zero attached hydrogens (tertiary/aromatic N) is 2. The van der Waals surface area contributed by atoms with Gasteiger partial charge < -0.3 is 5.32 Å². The minimum atomic E-state index is 0.127. The second-order valence-corrected chi connectivity index (χ2v) is 4.11. The average molecular weight is 228 g/mol. The molecule has 84 valence electrons. The summed E-state index contributed by atoms with van der Waals surface area (Å²) in [7, 11) is 0. The Morgan fingerprint density at radius 1 is 1.67 bits per heavy atom. The zero-order valence-electron chi connectivity index (χ0n) is 8.82. The fraction of sp³-hybridized carbons (Fsp3) is 0.667. The summed E-state index contributed by atoms with van der Waals surface area (Å²) < 4.78 is 0. The van der Waals surface area contributed by atoms with Crippen LogP contribution in [0, 0.1) is 0 Å². The molecule has 0 saturated heterocycles. The van der Waals surface area contributed by atoms with E-state index in [1.165, 1.54) is 6.33 Å². The number of hydrogen-bond acceptors (Lipinski definition) is 4. The van der Waals surface area contributed by atoms with Gasteiger partial charge in [-0.25, -0.2) is 4.98 Å². The van der Waals surface area contributed by atoms with Gasteiger partial charge in [-0.05, 0) is 12.7 Å². The predicted molar refractivity (Wildman–Crippen MR) is 60.7 cm³/mol. The topological polar surface area (TPSA) is 70.7 Å². The third kappa shape index (κ3) is 5.41. The summed E-state index contributed by atoms with van der Waals surface area (Å²) >= 11 is 1.68. The average Bonchev–Trinajstić information content (AvgIpc) is 2.74. The van der Waals surface area contributed by atoms with Crippen molar-refractivity contribution in [2.75, 3.05) is 18.6 Å². The van der Waals surface area contributed by atoms with Crippen molar-refractivity contribution in [2.45, 2.75) is 19.3 Å². The quantitative estimate of drug-likeness (QED) is 0.671. The summed E-state index contributed by atoms with van der Waals surface area (Å²) in [6.07, 6.45) is 5.80. The van der Waals surface area contributed by atoms with E-state index in [1.54, 1.807) is 11.8 Å². The second kappa shape index (κ2) is 7.28. The molecule has 1 heterocycles. The van der Waals surface area contributed by atoms with Crippen molar-refractivity contribution in [1.29, 1.82) is 0 Å².